The molecule has 1 heterocycles. The van der Waals surface area contributed by atoms with Crippen molar-refractivity contribution in [1.82, 2.24) is 0 Å². The van der Waals surface area contributed by atoms with Crippen LogP contribution in [-0.2, 0) is 4.79 Å². The van der Waals surface area contributed by atoms with Gasteiger partial charge < -0.3 is 10.4 Å². The van der Waals surface area contributed by atoms with Gasteiger partial charge in [0.15, 0.2) is 0 Å². The van der Waals surface area contributed by atoms with Crippen LogP contribution in [0.1, 0.15) is 16.7 Å². The normalized spacial score (nSPS) is 15.9. The van der Waals surface area contributed by atoms with Gasteiger partial charge in [-0.2, -0.15) is 0 Å². The molecule has 0 saturated carbocycles. The standard InChI is InChI=1S/C16H13NO2/c1-10-7-8-12-13(9-10)17-16(19)14(12)15(18)11-5-3-2-4-6-11/h2-9,18H,1H3,(H,17,19)/b15-14+. The van der Waals surface area contributed by atoms with E-state index in [4.69, 9.17) is 0 Å². The van der Waals surface area contributed by atoms with E-state index in [2.05, 4.69) is 5.32 Å². The Balaban J connectivity index is 2.19. The van der Waals surface area contributed by atoms with E-state index in [0.29, 0.717) is 11.1 Å². The molecule has 0 bridgehead atoms. The predicted molar refractivity (Wildman–Crippen MR) is 75.7 cm³/mol. The second-order valence-corrected chi connectivity index (χ2v) is 4.59. The van der Waals surface area contributed by atoms with Gasteiger partial charge in [0.2, 0.25) is 0 Å². The van der Waals surface area contributed by atoms with Gasteiger partial charge in [0.25, 0.3) is 5.91 Å². The smallest absolute Gasteiger partial charge is 0.260 e. The number of amides is 1. The minimum absolute atomic E-state index is 0.0145. The lowest BCUT2D eigenvalue weighted by atomic mass is 10.0. The maximum Gasteiger partial charge on any atom is 0.260 e. The van der Waals surface area contributed by atoms with E-state index in [0.717, 1.165) is 16.8 Å². The molecule has 19 heavy (non-hydrogen) atoms. The third-order valence-electron chi connectivity index (χ3n) is 3.20. The number of benzene rings is 2. The van der Waals surface area contributed by atoms with Crippen molar-refractivity contribution in [3.05, 3.63) is 65.2 Å². The highest BCUT2D eigenvalue weighted by molar-refractivity contribution is 6.36. The molecule has 3 nitrogen and oxygen atoms in total. The Bertz CT molecular complexity index is 687. The monoisotopic (exact) mass is 251 g/mol. The van der Waals surface area contributed by atoms with E-state index in [9.17, 15) is 9.90 Å². The van der Waals surface area contributed by atoms with Crippen molar-refractivity contribution in [3.63, 3.8) is 0 Å². The number of aryl methyl sites for hydroxylation is 1. The predicted octanol–water partition coefficient (Wildman–Crippen LogP) is 3.37. The first kappa shape index (κ1) is 11.5. The molecule has 0 aromatic heterocycles. The molecule has 0 radical (unpaired) electrons. The molecular weight excluding hydrogens is 238 g/mol. The Kier molecular flexibility index (Phi) is 2.60. The second kappa shape index (κ2) is 4.28. The fourth-order valence-electron chi connectivity index (χ4n) is 2.26. The number of anilines is 1. The fourth-order valence-corrected chi connectivity index (χ4v) is 2.26. The van der Waals surface area contributed by atoms with Crippen molar-refractivity contribution < 1.29 is 9.90 Å². The number of aliphatic hydroxyl groups excluding tert-OH is 1. The molecule has 2 aromatic rings. The molecule has 0 atom stereocenters. The van der Waals surface area contributed by atoms with E-state index >= 15 is 0 Å². The first-order chi connectivity index (χ1) is 9.16. The van der Waals surface area contributed by atoms with E-state index in [1.807, 2.05) is 43.3 Å². The fraction of sp³-hybridized carbons (Fsp3) is 0.0625. The van der Waals surface area contributed by atoms with Crippen molar-refractivity contribution in [2.75, 3.05) is 5.32 Å². The Morgan fingerprint density at radius 1 is 1.11 bits per heavy atom. The molecule has 2 N–H and O–H groups in total. The summed E-state index contributed by atoms with van der Waals surface area (Å²) in [6.45, 7) is 1.96. The van der Waals surface area contributed by atoms with Crippen LogP contribution in [0.4, 0.5) is 5.69 Å². The zero-order valence-electron chi connectivity index (χ0n) is 10.5. The molecule has 3 heteroatoms. The molecule has 1 amide bonds. The molecule has 0 spiro atoms. The Morgan fingerprint density at radius 2 is 1.84 bits per heavy atom. The summed E-state index contributed by atoms with van der Waals surface area (Å²) in [6.07, 6.45) is 0. The lowest BCUT2D eigenvalue weighted by Gasteiger charge is -2.04. The largest absolute Gasteiger partial charge is 0.506 e. The molecular formula is C16H13NO2. The number of fused-ring (bicyclic) bond motifs is 1. The molecule has 0 fully saturated rings. The molecule has 3 rings (SSSR count). The first-order valence-corrected chi connectivity index (χ1v) is 6.08. The van der Waals surface area contributed by atoms with E-state index in [-0.39, 0.29) is 11.7 Å². The van der Waals surface area contributed by atoms with Crippen LogP contribution in [0, 0.1) is 6.92 Å². The summed E-state index contributed by atoms with van der Waals surface area (Å²) in [6, 6.07) is 14.8. The number of rotatable bonds is 1. The zero-order valence-corrected chi connectivity index (χ0v) is 10.5. The number of aliphatic hydroxyl groups is 1. The van der Waals surface area contributed by atoms with Crippen molar-refractivity contribution in [1.29, 1.82) is 0 Å². The molecule has 2 aromatic carbocycles. The van der Waals surface area contributed by atoms with Gasteiger partial charge in [0, 0.05) is 16.8 Å². The maximum absolute atomic E-state index is 12.0. The minimum Gasteiger partial charge on any atom is -0.506 e. The van der Waals surface area contributed by atoms with Gasteiger partial charge in [-0.15, -0.1) is 0 Å². The van der Waals surface area contributed by atoms with Crippen LogP contribution in [-0.4, -0.2) is 11.0 Å². The number of carbonyl (C=O) groups is 1. The van der Waals surface area contributed by atoms with Crippen LogP contribution in [0.2, 0.25) is 0 Å². The van der Waals surface area contributed by atoms with Crippen LogP contribution in [0.25, 0.3) is 11.3 Å². The minimum atomic E-state index is -0.262. The van der Waals surface area contributed by atoms with E-state index in [1.54, 1.807) is 12.1 Å². The molecule has 1 aliphatic heterocycles. The van der Waals surface area contributed by atoms with Gasteiger partial charge in [-0.25, -0.2) is 0 Å². The third-order valence-corrected chi connectivity index (χ3v) is 3.20. The summed E-state index contributed by atoms with van der Waals surface area (Å²) in [5, 5.41) is 13.1. The average Bonchev–Trinajstić information content (AvgIpc) is 2.74. The third kappa shape index (κ3) is 1.89. The van der Waals surface area contributed by atoms with Crippen LogP contribution < -0.4 is 5.32 Å². The molecule has 0 aliphatic carbocycles. The first-order valence-electron chi connectivity index (χ1n) is 6.08. The molecule has 94 valence electrons. The highest BCUT2D eigenvalue weighted by Crippen LogP contribution is 2.36. The quantitative estimate of drug-likeness (QED) is 0.603. The van der Waals surface area contributed by atoms with Crippen LogP contribution in [0.15, 0.2) is 48.5 Å². The maximum atomic E-state index is 12.0. The SMILES string of the molecule is Cc1ccc2c(c1)NC(=O)/C2=C(/O)c1ccccc1. The Hall–Kier alpha value is -2.55. The van der Waals surface area contributed by atoms with E-state index < -0.39 is 0 Å². The summed E-state index contributed by atoms with van der Waals surface area (Å²) in [7, 11) is 0. The Labute approximate surface area is 111 Å². The van der Waals surface area contributed by atoms with Crippen molar-refractivity contribution >= 4 is 22.9 Å². The second-order valence-electron chi connectivity index (χ2n) is 4.59. The van der Waals surface area contributed by atoms with Crippen LogP contribution >= 0.6 is 0 Å². The number of hydrogen-bond donors (Lipinski definition) is 2. The van der Waals surface area contributed by atoms with Crippen LogP contribution in [0.5, 0.6) is 0 Å². The van der Waals surface area contributed by atoms with Gasteiger partial charge >= 0.3 is 0 Å². The highest BCUT2D eigenvalue weighted by atomic mass is 16.3. The summed E-state index contributed by atoms with van der Waals surface area (Å²) >= 11 is 0. The molecule has 0 saturated heterocycles. The number of carbonyl (C=O) groups excluding carboxylic acids is 1. The van der Waals surface area contributed by atoms with Crippen LogP contribution in [0.3, 0.4) is 0 Å². The van der Waals surface area contributed by atoms with Gasteiger partial charge in [-0.1, -0.05) is 42.5 Å². The van der Waals surface area contributed by atoms with Crippen molar-refractivity contribution in [2.24, 2.45) is 0 Å². The van der Waals surface area contributed by atoms with Gasteiger partial charge in [-0.05, 0) is 18.6 Å². The van der Waals surface area contributed by atoms with E-state index in [1.165, 1.54) is 0 Å². The molecule has 1 aliphatic rings. The summed E-state index contributed by atoms with van der Waals surface area (Å²) < 4.78 is 0. The lowest BCUT2D eigenvalue weighted by Crippen LogP contribution is -2.05. The average molecular weight is 251 g/mol. The van der Waals surface area contributed by atoms with Crippen molar-refractivity contribution in [3.8, 4) is 0 Å². The Morgan fingerprint density at radius 3 is 2.58 bits per heavy atom. The number of nitrogens with one attached hydrogen (secondary N) is 1. The zero-order chi connectivity index (χ0) is 13.4. The summed E-state index contributed by atoms with van der Waals surface area (Å²) in [5.74, 6) is -0.248. The van der Waals surface area contributed by atoms with Gasteiger partial charge in [0.05, 0.1) is 5.57 Å². The van der Waals surface area contributed by atoms with Gasteiger partial charge in [-0.3, -0.25) is 4.79 Å². The lowest BCUT2D eigenvalue weighted by molar-refractivity contribution is -0.110. The topological polar surface area (TPSA) is 49.3 Å². The molecule has 0 unspecified atom stereocenters. The van der Waals surface area contributed by atoms with Crippen molar-refractivity contribution in [2.45, 2.75) is 6.92 Å². The number of hydrogen-bond acceptors (Lipinski definition) is 2. The highest BCUT2D eigenvalue weighted by Gasteiger charge is 2.28. The van der Waals surface area contributed by atoms with Gasteiger partial charge in [0.1, 0.15) is 5.76 Å². The summed E-state index contributed by atoms with van der Waals surface area (Å²) in [4.78, 5) is 12.0. The summed E-state index contributed by atoms with van der Waals surface area (Å²) in [5.41, 5.74) is 3.54.